The fraction of sp³-hybridized carbons (Fsp3) is 0.400. The summed E-state index contributed by atoms with van der Waals surface area (Å²) in [6.45, 7) is 1.79. The molecular formula is C10H14FNO. The highest BCUT2D eigenvalue weighted by Gasteiger charge is 2.11. The van der Waals surface area contributed by atoms with Crippen molar-refractivity contribution in [2.45, 2.75) is 19.6 Å². The van der Waals surface area contributed by atoms with Crippen molar-refractivity contribution in [2.24, 2.45) is 5.73 Å². The average molecular weight is 183 g/mol. The molecule has 1 aromatic carbocycles. The van der Waals surface area contributed by atoms with Crippen LogP contribution in [0.2, 0.25) is 0 Å². The predicted molar refractivity (Wildman–Crippen MR) is 50.4 cm³/mol. The van der Waals surface area contributed by atoms with Crippen molar-refractivity contribution in [3.05, 3.63) is 29.3 Å². The summed E-state index contributed by atoms with van der Waals surface area (Å²) in [6.07, 6.45) is -1.01. The minimum absolute atomic E-state index is 0.299. The van der Waals surface area contributed by atoms with Gasteiger partial charge in [0.05, 0.1) is 7.11 Å². The molecule has 0 spiro atoms. The summed E-state index contributed by atoms with van der Waals surface area (Å²) in [6, 6.07) is 5.28. The first kappa shape index (κ1) is 9.99. The van der Waals surface area contributed by atoms with E-state index in [0.717, 1.165) is 5.56 Å². The maximum atomic E-state index is 13.1. The van der Waals surface area contributed by atoms with Crippen molar-refractivity contribution < 1.29 is 9.13 Å². The Bertz CT molecular complexity index is 286. The number of halogens is 1. The van der Waals surface area contributed by atoms with Gasteiger partial charge in [0.25, 0.3) is 0 Å². The van der Waals surface area contributed by atoms with Crippen LogP contribution in [0, 0.1) is 0 Å². The Hall–Kier alpha value is -1.09. The molecule has 0 aliphatic heterocycles. The number of hydrogen-bond donors (Lipinski definition) is 1. The number of nitrogens with two attached hydrogens (primary N) is 1. The summed E-state index contributed by atoms with van der Waals surface area (Å²) >= 11 is 0. The molecule has 1 rings (SSSR count). The van der Waals surface area contributed by atoms with E-state index in [0.29, 0.717) is 17.9 Å². The van der Waals surface area contributed by atoms with Crippen LogP contribution in [0.3, 0.4) is 0 Å². The molecule has 0 saturated heterocycles. The van der Waals surface area contributed by atoms with Crippen LogP contribution in [-0.4, -0.2) is 7.11 Å². The number of benzene rings is 1. The van der Waals surface area contributed by atoms with E-state index in [2.05, 4.69) is 0 Å². The van der Waals surface area contributed by atoms with Crippen molar-refractivity contribution in [3.8, 4) is 5.75 Å². The van der Waals surface area contributed by atoms with Crippen molar-refractivity contribution in [2.75, 3.05) is 7.11 Å². The first-order chi connectivity index (χ1) is 6.20. The van der Waals surface area contributed by atoms with E-state index in [1.54, 1.807) is 25.3 Å². The smallest absolute Gasteiger partial charge is 0.123 e. The molecule has 0 heterocycles. The molecule has 0 bridgehead atoms. The van der Waals surface area contributed by atoms with E-state index in [1.807, 2.05) is 0 Å². The third kappa shape index (κ3) is 1.98. The Morgan fingerprint density at radius 1 is 1.54 bits per heavy atom. The maximum absolute atomic E-state index is 13.1. The van der Waals surface area contributed by atoms with E-state index >= 15 is 0 Å². The molecule has 2 nitrogen and oxygen atoms in total. The molecule has 1 aromatic rings. The Kier molecular flexibility index (Phi) is 3.25. The first-order valence-electron chi connectivity index (χ1n) is 4.20. The van der Waals surface area contributed by atoms with Gasteiger partial charge in [-0.25, -0.2) is 4.39 Å². The molecule has 0 fully saturated rings. The number of hydrogen-bond acceptors (Lipinski definition) is 2. The molecule has 0 aromatic heterocycles. The summed E-state index contributed by atoms with van der Waals surface area (Å²) in [4.78, 5) is 0. The molecule has 0 saturated carbocycles. The van der Waals surface area contributed by atoms with Crippen LogP contribution < -0.4 is 10.5 Å². The van der Waals surface area contributed by atoms with Crippen LogP contribution in [0.1, 0.15) is 24.2 Å². The zero-order chi connectivity index (χ0) is 9.84. The van der Waals surface area contributed by atoms with Gasteiger partial charge in [0.15, 0.2) is 0 Å². The lowest BCUT2D eigenvalue weighted by atomic mass is 10.0. The summed E-state index contributed by atoms with van der Waals surface area (Å²) in [5.74, 6) is 0.657. The van der Waals surface area contributed by atoms with E-state index in [4.69, 9.17) is 10.5 Å². The highest BCUT2D eigenvalue weighted by Crippen LogP contribution is 2.27. The molecule has 0 aliphatic rings. The van der Waals surface area contributed by atoms with Crippen LogP contribution in [0.25, 0.3) is 0 Å². The van der Waals surface area contributed by atoms with E-state index in [9.17, 15) is 4.39 Å². The second-order valence-corrected chi connectivity index (χ2v) is 2.85. The van der Waals surface area contributed by atoms with Gasteiger partial charge >= 0.3 is 0 Å². The third-order valence-electron chi connectivity index (χ3n) is 2.02. The molecule has 1 unspecified atom stereocenters. The van der Waals surface area contributed by atoms with E-state index in [-0.39, 0.29) is 0 Å². The first-order valence-corrected chi connectivity index (χ1v) is 4.20. The van der Waals surface area contributed by atoms with Gasteiger partial charge in [-0.1, -0.05) is 12.1 Å². The predicted octanol–water partition coefficient (Wildman–Crippen LogP) is 2.18. The number of alkyl halides is 1. The number of methoxy groups -OCH3 is 1. The second-order valence-electron chi connectivity index (χ2n) is 2.85. The molecule has 13 heavy (non-hydrogen) atoms. The van der Waals surface area contributed by atoms with Crippen molar-refractivity contribution in [1.82, 2.24) is 0 Å². The zero-order valence-electron chi connectivity index (χ0n) is 7.88. The Morgan fingerprint density at radius 3 is 2.69 bits per heavy atom. The minimum Gasteiger partial charge on any atom is -0.496 e. The molecule has 2 N–H and O–H groups in total. The van der Waals surface area contributed by atoms with Crippen molar-refractivity contribution in [1.29, 1.82) is 0 Å². The maximum Gasteiger partial charge on any atom is 0.123 e. The SMILES string of the molecule is COc1cccc(C(C)F)c1CN. The number of rotatable bonds is 3. The molecule has 3 heteroatoms. The molecule has 0 amide bonds. The number of ether oxygens (including phenoxy) is 1. The summed E-state index contributed by atoms with van der Waals surface area (Å²) in [7, 11) is 1.56. The largest absolute Gasteiger partial charge is 0.496 e. The molecule has 0 radical (unpaired) electrons. The monoisotopic (exact) mass is 183 g/mol. The lowest BCUT2D eigenvalue weighted by Gasteiger charge is -2.12. The van der Waals surface area contributed by atoms with Crippen LogP contribution in [0.15, 0.2) is 18.2 Å². The summed E-state index contributed by atoms with van der Waals surface area (Å²) in [5, 5.41) is 0. The Balaban J connectivity index is 3.19. The Morgan fingerprint density at radius 2 is 2.23 bits per heavy atom. The van der Waals surface area contributed by atoms with Crippen molar-refractivity contribution in [3.63, 3.8) is 0 Å². The van der Waals surface area contributed by atoms with Gasteiger partial charge in [0.1, 0.15) is 11.9 Å². The fourth-order valence-corrected chi connectivity index (χ4v) is 1.36. The van der Waals surface area contributed by atoms with Gasteiger partial charge < -0.3 is 10.5 Å². The van der Waals surface area contributed by atoms with Gasteiger partial charge in [0, 0.05) is 12.1 Å². The minimum atomic E-state index is -1.01. The van der Waals surface area contributed by atoms with E-state index in [1.165, 1.54) is 6.92 Å². The van der Waals surface area contributed by atoms with Gasteiger partial charge in [-0.2, -0.15) is 0 Å². The topological polar surface area (TPSA) is 35.2 Å². The normalized spacial score (nSPS) is 12.6. The van der Waals surface area contributed by atoms with E-state index < -0.39 is 6.17 Å². The molecule has 0 aliphatic carbocycles. The average Bonchev–Trinajstić information content (AvgIpc) is 2.16. The second kappa shape index (κ2) is 4.23. The lowest BCUT2D eigenvalue weighted by molar-refractivity contribution is 0.365. The molecular weight excluding hydrogens is 169 g/mol. The van der Waals surface area contributed by atoms with Gasteiger partial charge in [-0.05, 0) is 18.6 Å². The zero-order valence-corrected chi connectivity index (χ0v) is 7.88. The summed E-state index contributed by atoms with van der Waals surface area (Å²) in [5.41, 5.74) is 6.88. The van der Waals surface area contributed by atoms with Crippen molar-refractivity contribution >= 4 is 0 Å². The molecule has 1 atom stereocenters. The lowest BCUT2D eigenvalue weighted by Crippen LogP contribution is -2.04. The van der Waals surface area contributed by atoms with Gasteiger partial charge in [0.2, 0.25) is 0 Å². The third-order valence-corrected chi connectivity index (χ3v) is 2.02. The quantitative estimate of drug-likeness (QED) is 0.779. The highest BCUT2D eigenvalue weighted by molar-refractivity contribution is 5.41. The molecule has 72 valence electrons. The van der Waals surface area contributed by atoms with Gasteiger partial charge in [-0.15, -0.1) is 0 Å². The van der Waals surface area contributed by atoms with Crippen LogP contribution in [0.4, 0.5) is 4.39 Å². The van der Waals surface area contributed by atoms with Crippen LogP contribution in [0.5, 0.6) is 5.75 Å². The van der Waals surface area contributed by atoms with Gasteiger partial charge in [-0.3, -0.25) is 0 Å². The standard InChI is InChI=1S/C10H14FNO/c1-7(11)8-4-3-5-10(13-2)9(8)6-12/h3-5,7H,6,12H2,1-2H3. The van der Waals surface area contributed by atoms with Crippen LogP contribution >= 0.6 is 0 Å². The fourth-order valence-electron chi connectivity index (χ4n) is 1.36. The van der Waals surface area contributed by atoms with Crippen LogP contribution in [-0.2, 0) is 6.54 Å². The Labute approximate surface area is 77.5 Å². The highest BCUT2D eigenvalue weighted by atomic mass is 19.1. The summed E-state index contributed by atoms with van der Waals surface area (Å²) < 4.78 is 18.2.